The maximum Gasteiger partial charge on any atom is 0.0214 e. The van der Waals surface area contributed by atoms with E-state index in [1.54, 1.807) is 0 Å². The fraction of sp³-hybridized carbons (Fsp3) is 1.00. The van der Waals surface area contributed by atoms with Crippen LogP contribution in [0.4, 0.5) is 0 Å². The van der Waals surface area contributed by atoms with Crippen molar-refractivity contribution in [3.05, 3.63) is 0 Å². The number of hydrogen-bond acceptors (Lipinski definition) is 2. The molecule has 0 radical (unpaired) electrons. The van der Waals surface area contributed by atoms with Gasteiger partial charge in [0.05, 0.1) is 0 Å². The summed E-state index contributed by atoms with van der Waals surface area (Å²) in [5.41, 5.74) is 6.54. The fourth-order valence-electron chi connectivity index (χ4n) is 0.691. The van der Waals surface area contributed by atoms with E-state index in [0.29, 0.717) is 0 Å². The van der Waals surface area contributed by atoms with Crippen LogP contribution < -0.4 is 10.9 Å². The summed E-state index contributed by atoms with van der Waals surface area (Å²) in [6.07, 6.45) is 5.50. The number of rotatable bonds is 3. The van der Waals surface area contributed by atoms with Crippen LogP contribution in [0.3, 0.4) is 0 Å². The minimum atomic E-state index is 0. The van der Waals surface area contributed by atoms with E-state index in [9.17, 15) is 0 Å². The molecule has 3 heteroatoms. The number of hydrazine groups is 1. The quantitative estimate of drug-likeness (QED) is 0.580. The molecule has 2 nitrogen and oxygen atoms in total. The number of halogens is 1. The van der Waals surface area contributed by atoms with Gasteiger partial charge in [-0.1, -0.05) is 0 Å². The van der Waals surface area contributed by atoms with Crippen LogP contribution in [0.2, 0.25) is 0 Å². The molecule has 0 atom stereocenters. The minimum absolute atomic E-state index is 0. The molecule has 0 unspecified atom stereocenters. The Morgan fingerprint density at radius 1 is 0.778 bits per heavy atom. The van der Waals surface area contributed by atoms with E-state index in [2.05, 4.69) is 10.9 Å². The van der Waals surface area contributed by atoms with Gasteiger partial charge < -0.3 is 0 Å². The Hall–Kier alpha value is 0.210. The van der Waals surface area contributed by atoms with E-state index < -0.39 is 0 Å². The van der Waals surface area contributed by atoms with Crippen LogP contribution in [0, 0.1) is 0 Å². The van der Waals surface area contributed by atoms with Gasteiger partial charge in [-0.2, -0.15) is 0 Å². The third-order valence-electron chi connectivity index (χ3n) is 1.65. The topological polar surface area (TPSA) is 24.1 Å². The lowest BCUT2D eigenvalue weighted by Crippen LogP contribution is -2.35. The van der Waals surface area contributed by atoms with Crippen molar-refractivity contribution in [2.75, 3.05) is 0 Å². The molecule has 0 saturated heterocycles. The Morgan fingerprint density at radius 2 is 1.11 bits per heavy atom. The third-order valence-corrected chi connectivity index (χ3v) is 1.65. The van der Waals surface area contributed by atoms with Gasteiger partial charge in [0.25, 0.3) is 0 Å². The maximum absolute atomic E-state index is 3.27. The highest BCUT2D eigenvalue weighted by Crippen LogP contribution is 2.21. The van der Waals surface area contributed by atoms with Crippen LogP contribution in [0.25, 0.3) is 0 Å². The first-order valence-corrected chi connectivity index (χ1v) is 3.46. The van der Waals surface area contributed by atoms with Crippen molar-refractivity contribution in [1.82, 2.24) is 10.9 Å². The van der Waals surface area contributed by atoms with Crippen molar-refractivity contribution in [3.8, 4) is 0 Å². The lowest BCUT2D eigenvalue weighted by atomic mass is 10.7. The average molecular weight is 149 g/mol. The number of nitrogens with one attached hydrogen (secondary N) is 2. The molecule has 0 aromatic carbocycles. The molecule has 0 amide bonds. The molecular formula is C6H13ClN2. The first-order valence-electron chi connectivity index (χ1n) is 3.46. The predicted octanol–water partition coefficient (Wildman–Crippen LogP) is 0.827. The Balaban J connectivity index is 0.000000405. The van der Waals surface area contributed by atoms with Gasteiger partial charge in [-0.05, 0) is 25.7 Å². The summed E-state index contributed by atoms with van der Waals surface area (Å²) in [4.78, 5) is 0. The van der Waals surface area contributed by atoms with Crippen LogP contribution in [0.5, 0.6) is 0 Å². The second-order valence-electron chi connectivity index (χ2n) is 2.84. The van der Waals surface area contributed by atoms with Crippen LogP contribution in [0.1, 0.15) is 25.7 Å². The molecule has 0 aliphatic heterocycles. The van der Waals surface area contributed by atoms with Crippen LogP contribution >= 0.6 is 12.4 Å². The van der Waals surface area contributed by atoms with E-state index >= 15 is 0 Å². The second kappa shape index (κ2) is 2.86. The summed E-state index contributed by atoms with van der Waals surface area (Å²) in [7, 11) is 0. The molecule has 0 aromatic rings. The van der Waals surface area contributed by atoms with Gasteiger partial charge in [-0.25, -0.2) is 0 Å². The SMILES string of the molecule is C1CC1NNC1CC1.Cl. The monoisotopic (exact) mass is 148 g/mol. The molecule has 54 valence electrons. The molecule has 2 aliphatic rings. The minimum Gasteiger partial charge on any atom is -0.255 e. The summed E-state index contributed by atoms with van der Waals surface area (Å²) in [6, 6.07) is 1.63. The van der Waals surface area contributed by atoms with Gasteiger partial charge in [0.15, 0.2) is 0 Å². The summed E-state index contributed by atoms with van der Waals surface area (Å²) in [5, 5.41) is 0. The predicted molar refractivity (Wildman–Crippen MR) is 39.6 cm³/mol. The molecule has 0 bridgehead atoms. The zero-order chi connectivity index (χ0) is 5.40. The molecule has 2 rings (SSSR count). The molecule has 0 spiro atoms. The molecule has 2 aliphatic carbocycles. The van der Waals surface area contributed by atoms with E-state index in [0.717, 1.165) is 12.1 Å². The van der Waals surface area contributed by atoms with Crippen molar-refractivity contribution >= 4 is 12.4 Å². The zero-order valence-corrected chi connectivity index (χ0v) is 6.21. The molecular weight excluding hydrogens is 136 g/mol. The molecule has 0 aromatic heterocycles. The second-order valence-corrected chi connectivity index (χ2v) is 2.84. The molecule has 9 heavy (non-hydrogen) atoms. The normalized spacial score (nSPS) is 25.3. The Bertz CT molecular complexity index is 77.1. The van der Waals surface area contributed by atoms with Crippen molar-refractivity contribution in [3.63, 3.8) is 0 Å². The smallest absolute Gasteiger partial charge is 0.0214 e. The summed E-state index contributed by atoms with van der Waals surface area (Å²) >= 11 is 0. The Labute approximate surface area is 61.8 Å². The van der Waals surface area contributed by atoms with Crippen LogP contribution in [0.15, 0.2) is 0 Å². The summed E-state index contributed by atoms with van der Waals surface area (Å²) in [6.45, 7) is 0. The lowest BCUT2D eigenvalue weighted by Gasteiger charge is -2.00. The maximum atomic E-state index is 3.27. The van der Waals surface area contributed by atoms with Crippen molar-refractivity contribution < 1.29 is 0 Å². The zero-order valence-electron chi connectivity index (χ0n) is 5.39. The largest absolute Gasteiger partial charge is 0.255 e. The Morgan fingerprint density at radius 3 is 1.33 bits per heavy atom. The van der Waals surface area contributed by atoms with E-state index in [-0.39, 0.29) is 12.4 Å². The highest BCUT2D eigenvalue weighted by molar-refractivity contribution is 5.85. The van der Waals surface area contributed by atoms with Crippen molar-refractivity contribution in [1.29, 1.82) is 0 Å². The molecule has 2 saturated carbocycles. The standard InChI is InChI=1S/C6H12N2.ClH/c1-2-5(1)7-8-6-3-4-6;/h5-8H,1-4H2;1H. The van der Waals surface area contributed by atoms with Crippen molar-refractivity contribution in [2.45, 2.75) is 37.8 Å². The summed E-state index contributed by atoms with van der Waals surface area (Å²) < 4.78 is 0. The van der Waals surface area contributed by atoms with Gasteiger partial charge in [0.2, 0.25) is 0 Å². The molecule has 0 heterocycles. The van der Waals surface area contributed by atoms with Crippen LogP contribution in [-0.2, 0) is 0 Å². The Kier molecular flexibility index (Phi) is 2.33. The van der Waals surface area contributed by atoms with Gasteiger partial charge >= 0.3 is 0 Å². The van der Waals surface area contributed by atoms with Crippen molar-refractivity contribution in [2.24, 2.45) is 0 Å². The van der Waals surface area contributed by atoms with E-state index in [1.165, 1.54) is 25.7 Å². The third kappa shape index (κ3) is 2.52. The van der Waals surface area contributed by atoms with Crippen LogP contribution in [-0.4, -0.2) is 12.1 Å². The number of hydrogen-bond donors (Lipinski definition) is 2. The van der Waals surface area contributed by atoms with E-state index in [1.807, 2.05) is 0 Å². The first-order chi connectivity index (χ1) is 3.95. The first kappa shape index (κ1) is 7.32. The molecule has 2 N–H and O–H groups in total. The van der Waals surface area contributed by atoms with Gasteiger partial charge in [0, 0.05) is 12.1 Å². The fourth-order valence-corrected chi connectivity index (χ4v) is 0.691. The summed E-state index contributed by atoms with van der Waals surface area (Å²) in [5.74, 6) is 0. The highest BCUT2D eigenvalue weighted by Gasteiger charge is 2.25. The van der Waals surface area contributed by atoms with Gasteiger partial charge in [0.1, 0.15) is 0 Å². The molecule has 2 fully saturated rings. The average Bonchev–Trinajstić information content (AvgIpc) is 2.60. The van der Waals surface area contributed by atoms with Gasteiger partial charge in [-0.3, -0.25) is 10.9 Å². The highest BCUT2D eigenvalue weighted by atomic mass is 35.5. The lowest BCUT2D eigenvalue weighted by molar-refractivity contribution is 0.523. The van der Waals surface area contributed by atoms with Gasteiger partial charge in [-0.15, -0.1) is 12.4 Å². The van der Waals surface area contributed by atoms with E-state index in [4.69, 9.17) is 0 Å².